The van der Waals surface area contributed by atoms with Crippen molar-refractivity contribution in [1.29, 1.82) is 0 Å². The predicted molar refractivity (Wildman–Crippen MR) is 56.3 cm³/mol. The zero-order chi connectivity index (χ0) is 12.4. The number of methoxy groups -OCH3 is 1. The molecule has 0 fully saturated rings. The van der Waals surface area contributed by atoms with E-state index in [9.17, 15) is 14.4 Å². The number of carbonyl (C=O) groups excluding carboxylic acids is 3. The molecular formula is C9H17N3O4. The third kappa shape index (κ3) is 5.42. The first-order valence-electron chi connectivity index (χ1n) is 4.90. The molecule has 0 spiro atoms. The number of hydrogen-bond acceptors (Lipinski definition) is 5. The van der Waals surface area contributed by atoms with Crippen molar-refractivity contribution in [2.75, 3.05) is 33.4 Å². The summed E-state index contributed by atoms with van der Waals surface area (Å²) >= 11 is 0. The Balaban J connectivity index is 4.06. The molecule has 7 heteroatoms. The van der Waals surface area contributed by atoms with Crippen LogP contribution in [0.15, 0.2) is 0 Å². The van der Waals surface area contributed by atoms with Crippen molar-refractivity contribution in [3.05, 3.63) is 0 Å². The first-order valence-corrected chi connectivity index (χ1v) is 4.90. The third-order valence-electron chi connectivity index (χ3n) is 1.78. The summed E-state index contributed by atoms with van der Waals surface area (Å²) in [4.78, 5) is 34.0. The van der Waals surface area contributed by atoms with Crippen LogP contribution < -0.4 is 11.1 Å². The molecule has 0 rings (SSSR count). The molecule has 0 aliphatic carbocycles. The van der Waals surface area contributed by atoms with Gasteiger partial charge < -0.3 is 15.8 Å². The van der Waals surface area contributed by atoms with E-state index in [1.54, 1.807) is 0 Å². The molecule has 0 saturated heterocycles. The molecule has 0 atom stereocenters. The number of imide groups is 1. The molecule has 0 aromatic heterocycles. The Bertz CT molecular complexity index is 245. The summed E-state index contributed by atoms with van der Waals surface area (Å²) in [6.07, 6.45) is 0.795. The first kappa shape index (κ1) is 14.5. The van der Waals surface area contributed by atoms with Crippen LogP contribution >= 0.6 is 0 Å². The number of nitrogens with two attached hydrogens (primary N) is 1. The fourth-order valence-electron chi connectivity index (χ4n) is 0.936. The van der Waals surface area contributed by atoms with Crippen LogP contribution in [0, 0.1) is 0 Å². The molecule has 92 valence electrons. The quantitative estimate of drug-likeness (QED) is 0.302. The summed E-state index contributed by atoms with van der Waals surface area (Å²) in [5.74, 6) is -1.69. The molecule has 3 amide bonds. The van der Waals surface area contributed by atoms with Gasteiger partial charge in [0.15, 0.2) is 0 Å². The maximum atomic E-state index is 11.4. The molecule has 0 unspecified atom stereocenters. The Morgan fingerprint density at radius 3 is 2.69 bits per heavy atom. The normalized spacial score (nSPS) is 9.62. The van der Waals surface area contributed by atoms with Crippen LogP contribution in [0.5, 0.6) is 0 Å². The monoisotopic (exact) mass is 231 g/mol. The summed E-state index contributed by atoms with van der Waals surface area (Å²) in [5.41, 5.74) is 5.24. The molecule has 7 nitrogen and oxygen atoms in total. The number of nitrogens with one attached hydrogen (secondary N) is 1. The molecule has 0 saturated carbocycles. The van der Waals surface area contributed by atoms with Crippen molar-refractivity contribution in [3.8, 4) is 0 Å². The number of ether oxygens (including phenoxy) is 1. The molecular weight excluding hydrogens is 214 g/mol. The smallest absolute Gasteiger partial charge is 0.318 e. The molecule has 0 radical (unpaired) electrons. The Kier molecular flexibility index (Phi) is 8.00. The maximum Gasteiger partial charge on any atom is 0.318 e. The SMILES string of the molecule is COCCNC(=O)C(=O)N(C=O)CCCN. The number of hydrogen-bond donors (Lipinski definition) is 2. The topological polar surface area (TPSA) is 102 Å². The van der Waals surface area contributed by atoms with Crippen molar-refractivity contribution < 1.29 is 19.1 Å². The summed E-state index contributed by atoms with van der Waals surface area (Å²) in [6.45, 7) is 1.03. The van der Waals surface area contributed by atoms with Crippen LogP contribution in [0.25, 0.3) is 0 Å². The van der Waals surface area contributed by atoms with Gasteiger partial charge in [0.2, 0.25) is 6.41 Å². The van der Waals surface area contributed by atoms with Crippen molar-refractivity contribution >= 4 is 18.2 Å². The summed E-state index contributed by atoms with van der Waals surface area (Å²) in [5, 5.41) is 2.33. The largest absolute Gasteiger partial charge is 0.383 e. The van der Waals surface area contributed by atoms with Crippen molar-refractivity contribution in [3.63, 3.8) is 0 Å². The maximum absolute atomic E-state index is 11.4. The molecule has 0 aromatic carbocycles. The summed E-state index contributed by atoms with van der Waals surface area (Å²) in [6, 6.07) is 0. The van der Waals surface area contributed by atoms with Crippen LogP contribution in [0.1, 0.15) is 6.42 Å². The van der Waals surface area contributed by atoms with E-state index in [0.29, 0.717) is 26.0 Å². The van der Waals surface area contributed by atoms with Crippen LogP contribution in [0.2, 0.25) is 0 Å². The average molecular weight is 231 g/mol. The predicted octanol–water partition coefficient (Wildman–Crippen LogP) is -1.92. The van der Waals surface area contributed by atoms with E-state index in [4.69, 9.17) is 10.5 Å². The minimum Gasteiger partial charge on any atom is -0.383 e. The number of carbonyl (C=O) groups is 3. The first-order chi connectivity index (χ1) is 7.67. The second-order valence-electron chi connectivity index (χ2n) is 2.99. The molecule has 0 aliphatic heterocycles. The summed E-state index contributed by atoms with van der Waals surface area (Å²) < 4.78 is 4.70. The van der Waals surface area contributed by atoms with E-state index in [1.165, 1.54) is 7.11 Å². The fourth-order valence-corrected chi connectivity index (χ4v) is 0.936. The van der Waals surface area contributed by atoms with E-state index in [1.807, 2.05) is 0 Å². The highest BCUT2D eigenvalue weighted by Gasteiger charge is 2.20. The molecule has 0 bridgehead atoms. The van der Waals surface area contributed by atoms with Crippen molar-refractivity contribution in [2.45, 2.75) is 6.42 Å². The standard InChI is InChI=1S/C9H17N3O4/c1-16-6-4-11-8(14)9(15)12(7-13)5-2-3-10/h7H,2-6,10H2,1H3,(H,11,14). The van der Waals surface area contributed by atoms with Crippen LogP contribution in [-0.2, 0) is 19.1 Å². The summed E-state index contributed by atoms with van der Waals surface area (Å²) in [7, 11) is 1.48. The molecule has 0 heterocycles. The minimum atomic E-state index is -0.875. The number of amides is 3. The van der Waals surface area contributed by atoms with E-state index in [0.717, 1.165) is 4.90 Å². The lowest BCUT2D eigenvalue weighted by atomic mass is 10.3. The zero-order valence-electron chi connectivity index (χ0n) is 9.27. The molecule has 0 aliphatic rings. The highest BCUT2D eigenvalue weighted by molar-refractivity contribution is 6.36. The Labute approximate surface area is 93.9 Å². The molecule has 3 N–H and O–H groups in total. The van der Waals surface area contributed by atoms with E-state index in [2.05, 4.69) is 5.32 Å². The van der Waals surface area contributed by atoms with Gasteiger partial charge >= 0.3 is 11.8 Å². The lowest BCUT2D eigenvalue weighted by Gasteiger charge is -2.14. The lowest BCUT2D eigenvalue weighted by Crippen LogP contribution is -2.43. The lowest BCUT2D eigenvalue weighted by molar-refractivity contribution is -0.148. The van der Waals surface area contributed by atoms with Gasteiger partial charge in [0.05, 0.1) is 6.61 Å². The van der Waals surface area contributed by atoms with Gasteiger partial charge in [-0.15, -0.1) is 0 Å². The minimum absolute atomic E-state index is 0.149. The van der Waals surface area contributed by atoms with Gasteiger partial charge in [-0.1, -0.05) is 0 Å². The van der Waals surface area contributed by atoms with Crippen LogP contribution in [-0.4, -0.2) is 56.5 Å². The van der Waals surface area contributed by atoms with Crippen molar-refractivity contribution in [2.24, 2.45) is 5.73 Å². The van der Waals surface area contributed by atoms with E-state index < -0.39 is 11.8 Å². The number of nitrogens with zero attached hydrogens (tertiary/aromatic N) is 1. The van der Waals surface area contributed by atoms with Gasteiger partial charge in [-0.05, 0) is 13.0 Å². The highest BCUT2D eigenvalue weighted by Crippen LogP contribution is 1.88. The van der Waals surface area contributed by atoms with Gasteiger partial charge in [-0.25, -0.2) is 0 Å². The van der Waals surface area contributed by atoms with Gasteiger partial charge in [-0.2, -0.15) is 0 Å². The van der Waals surface area contributed by atoms with Gasteiger partial charge in [0.1, 0.15) is 0 Å². The van der Waals surface area contributed by atoms with Crippen LogP contribution in [0.3, 0.4) is 0 Å². The Hall–Kier alpha value is -1.47. The second-order valence-corrected chi connectivity index (χ2v) is 2.99. The van der Waals surface area contributed by atoms with Crippen molar-refractivity contribution in [1.82, 2.24) is 10.2 Å². The second kappa shape index (κ2) is 8.81. The van der Waals surface area contributed by atoms with Gasteiger partial charge in [-0.3, -0.25) is 19.3 Å². The van der Waals surface area contributed by atoms with Gasteiger partial charge in [0.25, 0.3) is 0 Å². The van der Waals surface area contributed by atoms with E-state index >= 15 is 0 Å². The third-order valence-corrected chi connectivity index (χ3v) is 1.78. The van der Waals surface area contributed by atoms with Crippen LogP contribution in [0.4, 0.5) is 0 Å². The van der Waals surface area contributed by atoms with E-state index in [-0.39, 0.29) is 13.1 Å². The average Bonchev–Trinajstić information content (AvgIpc) is 2.30. The Morgan fingerprint density at radius 1 is 1.50 bits per heavy atom. The molecule has 16 heavy (non-hydrogen) atoms. The highest BCUT2D eigenvalue weighted by atomic mass is 16.5. The number of rotatable bonds is 7. The van der Waals surface area contributed by atoms with Gasteiger partial charge in [0, 0.05) is 20.2 Å². The fraction of sp³-hybridized carbons (Fsp3) is 0.667. The molecule has 0 aromatic rings. The Morgan fingerprint density at radius 2 is 2.19 bits per heavy atom. The zero-order valence-corrected chi connectivity index (χ0v) is 9.27.